The van der Waals surface area contributed by atoms with Crippen LogP contribution in [0.4, 0.5) is 0 Å². The minimum atomic E-state index is -0.657. The Bertz CT molecular complexity index is 257. The molecule has 24 heavy (non-hydrogen) atoms. The van der Waals surface area contributed by atoms with Crippen LogP contribution in [0.25, 0.3) is 0 Å². The summed E-state index contributed by atoms with van der Waals surface area (Å²) in [6.45, 7) is 6.50. The predicted octanol–water partition coefficient (Wildman–Crippen LogP) is 5.27. The van der Waals surface area contributed by atoms with Crippen molar-refractivity contribution >= 4 is 5.97 Å². The Hall–Kier alpha value is -0.610. The third-order valence-electron chi connectivity index (χ3n) is 4.69. The molecule has 0 unspecified atom stereocenters. The predicted molar refractivity (Wildman–Crippen MR) is 103 cm³/mol. The van der Waals surface area contributed by atoms with Gasteiger partial charge in [0.15, 0.2) is 0 Å². The Morgan fingerprint density at radius 1 is 0.792 bits per heavy atom. The minimum absolute atomic E-state index is 0.344. The minimum Gasteiger partial charge on any atom is -0.481 e. The first-order valence-corrected chi connectivity index (χ1v) is 10.1. The Labute approximate surface area is 150 Å². The highest BCUT2D eigenvalue weighted by Crippen LogP contribution is 2.12. The van der Waals surface area contributed by atoms with Gasteiger partial charge in [-0.15, -0.1) is 0 Å². The molecule has 0 radical (unpaired) electrons. The van der Waals surface area contributed by atoms with Crippen molar-refractivity contribution in [2.45, 2.75) is 116 Å². The average Bonchev–Trinajstić information content (AvgIpc) is 2.59. The molecule has 0 aromatic heterocycles. The van der Waals surface area contributed by atoms with Gasteiger partial charge in [0.25, 0.3) is 0 Å². The summed E-state index contributed by atoms with van der Waals surface area (Å²) in [6.07, 6.45) is 15.9. The Kier molecular flexibility index (Phi) is 20.0. The molecule has 0 aromatic carbocycles. The topological polar surface area (TPSA) is 83.5 Å². The number of carboxylic acid groups (broad SMARTS) is 1. The first-order valence-electron chi connectivity index (χ1n) is 10.1. The van der Waals surface area contributed by atoms with Gasteiger partial charge in [-0.2, -0.15) is 0 Å². The van der Waals surface area contributed by atoms with Crippen molar-refractivity contribution in [3.8, 4) is 0 Å². The second kappa shape index (κ2) is 18.7. The smallest absolute Gasteiger partial charge is 0.303 e. The van der Waals surface area contributed by atoms with Crippen molar-refractivity contribution in [1.29, 1.82) is 0 Å². The van der Waals surface area contributed by atoms with E-state index in [1.54, 1.807) is 0 Å². The van der Waals surface area contributed by atoms with Gasteiger partial charge in [0.2, 0.25) is 0 Å². The molecule has 0 aliphatic heterocycles. The summed E-state index contributed by atoms with van der Waals surface area (Å²) in [5, 5.41) is 17.8. The summed E-state index contributed by atoms with van der Waals surface area (Å²) in [5.41, 5.74) is 4.68. The molecule has 0 amide bonds. The molecule has 0 aromatic rings. The molecule has 0 bridgehead atoms. The van der Waals surface area contributed by atoms with Crippen LogP contribution in [-0.2, 0) is 4.79 Å². The zero-order chi connectivity index (χ0) is 18.7. The zero-order valence-corrected chi connectivity index (χ0v) is 16.5. The van der Waals surface area contributed by atoms with Gasteiger partial charge >= 0.3 is 5.97 Å². The first kappa shape index (κ1) is 25.6. The van der Waals surface area contributed by atoms with E-state index in [9.17, 15) is 9.90 Å². The lowest BCUT2D eigenvalue weighted by Crippen LogP contribution is -2.35. The van der Waals surface area contributed by atoms with Crippen molar-refractivity contribution in [3.05, 3.63) is 0 Å². The number of carbonyl (C=O) groups is 1. The van der Waals surface area contributed by atoms with Crippen molar-refractivity contribution < 1.29 is 15.0 Å². The molecule has 0 rings (SSSR count). The number of aliphatic hydroxyl groups is 1. The molecule has 0 fully saturated rings. The first-order chi connectivity index (χ1) is 11.5. The Morgan fingerprint density at radius 3 is 1.42 bits per heavy atom. The maximum absolute atomic E-state index is 10.3. The second-order valence-corrected chi connectivity index (χ2v) is 6.81. The molecular formula is C20H43NO3. The summed E-state index contributed by atoms with van der Waals surface area (Å²) >= 11 is 0. The lowest BCUT2D eigenvalue weighted by molar-refractivity contribution is -0.137. The molecular weight excluding hydrogens is 302 g/mol. The number of hydrogen-bond acceptors (Lipinski definition) is 3. The molecule has 0 aliphatic carbocycles. The van der Waals surface area contributed by atoms with Crippen molar-refractivity contribution in [2.75, 3.05) is 6.54 Å². The van der Waals surface area contributed by atoms with E-state index in [0.29, 0.717) is 13.0 Å². The third-order valence-corrected chi connectivity index (χ3v) is 4.69. The molecule has 4 heteroatoms. The number of nitrogens with two attached hydrogens (primary N) is 1. The van der Waals surface area contributed by atoms with Crippen LogP contribution in [0.15, 0.2) is 0 Å². The van der Waals surface area contributed by atoms with E-state index in [-0.39, 0.29) is 0 Å². The number of hydrogen-bond donors (Lipinski definition) is 3. The Balaban J connectivity index is 0. The molecule has 0 atom stereocenters. The van der Waals surface area contributed by atoms with Crippen molar-refractivity contribution in [1.82, 2.24) is 0 Å². The van der Waals surface area contributed by atoms with Crippen LogP contribution < -0.4 is 5.73 Å². The van der Waals surface area contributed by atoms with Crippen LogP contribution in [0.3, 0.4) is 0 Å². The molecule has 0 heterocycles. The van der Waals surface area contributed by atoms with Crippen LogP contribution in [0, 0.1) is 0 Å². The van der Waals surface area contributed by atoms with Crippen molar-refractivity contribution in [3.63, 3.8) is 0 Å². The van der Waals surface area contributed by atoms with Gasteiger partial charge in [-0.25, -0.2) is 0 Å². The maximum Gasteiger partial charge on any atom is 0.303 e. The third kappa shape index (κ3) is 19.4. The quantitative estimate of drug-likeness (QED) is 0.353. The highest BCUT2D eigenvalue weighted by atomic mass is 16.4. The van der Waals surface area contributed by atoms with E-state index in [1.807, 2.05) is 13.8 Å². The lowest BCUT2D eigenvalue weighted by atomic mass is 9.98. The van der Waals surface area contributed by atoms with E-state index in [4.69, 9.17) is 10.8 Å². The van der Waals surface area contributed by atoms with Crippen molar-refractivity contribution in [2.24, 2.45) is 5.73 Å². The van der Waals surface area contributed by atoms with Gasteiger partial charge < -0.3 is 15.9 Å². The van der Waals surface area contributed by atoms with Gasteiger partial charge in [-0.05, 0) is 19.3 Å². The average molecular weight is 346 g/mol. The van der Waals surface area contributed by atoms with Gasteiger partial charge in [0.05, 0.1) is 5.60 Å². The number of aliphatic carboxylic acids is 1. The summed E-state index contributed by atoms with van der Waals surface area (Å²) in [4.78, 5) is 10.3. The summed E-state index contributed by atoms with van der Waals surface area (Å²) in [6, 6.07) is 0. The van der Waals surface area contributed by atoms with Gasteiger partial charge in [-0.3, -0.25) is 4.79 Å². The van der Waals surface area contributed by atoms with Gasteiger partial charge in [-0.1, -0.05) is 85.0 Å². The van der Waals surface area contributed by atoms with E-state index in [2.05, 4.69) is 6.92 Å². The molecule has 0 saturated carbocycles. The number of carboxylic acids is 1. The highest BCUT2D eigenvalue weighted by Gasteiger charge is 2.18. The largest absolute Gasteiger partial charge is 0.481 e. The van der Waals surface area contributed by atoms with Crippen LogP contribution in [0.2, 0.25) is 0 Å². The molecule has 0 spiro atoms. The zero-order valence-electron chi connectivity index (χ0n) is 16.5. The van der Waals surface area contributed by atoms with Gasteiger partial charge in [0, 0.05) is 13.0 Å². The van der Waals surface area contributed by atoms with Crippen LogP contribution in [0.1, 0.15) is 111 Å². The monoisotopic (exact) mass is 345 g/mol. The van der Waals surface area contributed by atoms with Crippen LogP contribution in [-0.4, -0.2) is 28.3 Å². The molecule has 4 N–H and O–H groups in total. The summed E-state index contributed by atoms with van der Waals surface area (Å²) in [5.74, 6) is -0.657. The second-order valence-electron chi connectivity index (χ2n) is 6.81. The Morgan fingerprint density at radius 2 is 1.17 bits per heavy atom. The molecule has 4 nitrogen and oxygen atoms in total. The van der Waals surface area contributed by atoms with E-state index >= 15 is 0 Å². The normalized spacial score (nSPS) is 11.0. The summed E-state index contributed by atoms with van der Waals surface area (Å²) in [7, 11) is 0. The van der Waals surface area contributed by atoms with E-state index < -0.39 is 11.6 Å². The maximum atomic E-state index is 10.3. The molecule has 0 aliphatic rings. The molecule has 146 valence electrons. The van der Waals surface area contributed by atoms with E-state index in [0.717, 1.165) is 25.7 Å². The lowest BCUT2D eigenvalue weighted by Gasteiger charge is -2.21. The standard InChI is InChI=1S/C14H28O2.C6H15NO/c1-2-3-4-5-6-7-8-9-10-11-12-13-14(15)16;1-3-6(8,4-2)5-7/h2-13H2,1H3,(H,15,16);8H,3-5,7H2,1-2H3. The van der Waals surface area contributed by atoms with E-state index in [1.165, 1.54) is 57.8 Å². The fourth-order valence-electron chi connectivity index (χ4n) is 2.48. The SMILES string of the molecule is CCC(O)(CC)CN.CCCCCCCCCCCCCC(=O)O. The fraction of sp³-hybridized carbons (Fsp3) is 0.950. The number of rotatable bonds is 15. The highest BCUT2D eigenvalue weighted by molar-refractivity contribution is 5.66. The van der Waals surface area contributed by atoms with Crippen LogP contribution in [0.5, 0.6) is 0 Å². The van der Waals surface area contributed by atoms with Gasteiger partial charge in [0.1, 0.15) is 0 Å². The van der Waals surface area contributed by atoms with Crippen LogP contribution >= 0.6 is 0 Å². The molecule has 0 saturated heterocycles. The fourth-order valence-corrected chi connectivity index (χ4v) is 2.48. The summed E-state index contributed by atoms with van der Waals surface area (Å²) < 4.78 is 0. The number of unbranched alkanes of at least 4 members (excludes halogenated alkanes) is 10.